The number of benzene rings is 2. The van der Waals surface area contributed by atoms with Crippen LogP contribution in [0.2, 0.25) is 5.02 Å². The first-order valence-corrected chi connectivity index (χ1v) is 14.3. The molecule has 3 heterocycles. The summed E-state index contributed by atoms with van der Waals surface area (Å²) in [5.41, 5.74) is 0.525. The third-order valence-corrected chi connectivity index (χ3v) is 8.53. The van der Waals surface area contributed by atoms with Gasteiger partial charge in [0.2, 0.25) is 21.5 Å². The number of amides is 1. The molecule has 0 spiro atoms. The van der Waals surface area contributed by atoms with E-state index in [0.717, 1.165) is 4.88 Å². The number of hydrogen-bond donors (Lipinski definition) is 2. The highest BCUT2D eigenvalue weighted by Crippen LogP contribution is 2.29. The van der Waals surface area contributed by atoms with Crippen molar-refractivity contribution in [3.05, 3.63) is 122 Å². The monoisotopic (exact) mass is 567 g/mol. The minimum atomic E-state index is -4.20. The van der Waals surface area contributed by atoms with Crippen LogP contribution < -0.4 is 10.3 Å². The molecule has 3 aromatic heterocycles. The molecule has 8 nitrogen and oxygen atoms in total. The van der Waals surface area contributed by atoms with Gasteiger partial charge in [-0.05, 0) is 64.9 Å². The zero-order valence-corrected chi connectivity index (χ0v) is 22.2. The van der Waals surface area contributed by atoms with Gasteiger partial charge in [-0.1, -0.05) is 35.9 Å². The SMILES string of the molecule is O=C([C@@H](NS(=O)(=O)c1ccc2[nH]c(=O)ccc2c1)c1ccccc1Cl)N(Cc1ccco1)Cc1cccs1. The first-order valence-electron chi connectivity index (χ1n) is 11.5. The number of nitrogens with zero attached hydrogens (tertiary/aromatic N) is 1. The maximum Gasteiger partial charge on any atom is 0.248 e. The second-order valence-electron chi connectivity index (χ2n) is 8.50. The lowest BCUT2D eigenvalue weighted by molar-refractivity contribution is -0.134. The van der Waals surface area contributed by atoms with Gasteiger partial charge in [-0.15, -0.1) is 11.3 Å². The maximum absolute atomic E-state index is 14.1. The van der Waals surface area contributed by atoms with Crippen LogP contribution in [0, 0.1) is 0 Å². The van der Waals surface area contributed by atoms with Gasteiger partial charge in [0.15, 0.2) is 0 Å². The second-order valence-corrected chi connectivity index (χ2v) is 11.7. The number of thiophene rings is 1. The van der Waals surface area contributed by atoms with Gasteiger partial charge in [0.05, 0.1) is 24.2 Å². The molecule has 0 fully saturated rings. The van der Waals surface area contributed by atoms with E-state index in [1.807, 2.05) is 17.5 Å². The van der Waals surface area contributed by atoms with Crippen molar-refractivity contribution in [1.29, 1.82) is 0 Å². The van der Waals surface area contributed by atoms with Gasteiger partial charge in [0, 0.05) is 21.5 Å². The van der Waals surface area contributed by atoms with Crippen LogP contribution in [0.4, 0.5) is 0 Å². The Balaban J connectivity index is 1.53. The highest BCUT2D eigenvalue weighted by Gasteiger charge is 2.33. The zero-order valence-electron chi connectivity index (χ0n) is 19.8. The van der Waals surface area contributed by atoms with Crippen molar-refractivity contribution in [3.63, 3.8) is 0 Å². The summed E-state index contributed by atoms with van der Waals surface area (Å²) in [6, 6.07) is 19.8. The van der Waals surface area contributed by atoms with Gasteiger partial charge in [0.25, 0.3) is 0 Å². The average molecular weight is 568 g/mol. The van der Waals surface area contributed by atoms with E-state index in [0.29, 0.717) is 22.2 Å². The second kappa shape index (κ2) is 11.0. The third-order valence-electron chi connectivity index (χ3n) is 5.91. The summed E-state index contributed by atoms with van der Waals surface area (Å²) in [4.78, 5) is 30.8. The van der Waals surface area contributed by atoms with Crippen LogP contribution in [0.3, 0.4) is 0 Å². The highest BCUT2D eigenvalue weighted by molar-refractivity contribution is 7.89. The molecule has 0 aliphatic carbocycles. The Hall–Kier alpha value is -3.70. The standard InChI is InChI=1S/C27H22ClN3O5S2/c28-23-8-2-1-7-22(23)26(27(33)31(16-19-5-3-13-36-19)17-20-6-4-14-37-20)30-38(34,35)21-10-11-24-18(15-21)9-12-25(32)29-24/h1-15,26,30H,16-17H2,(H,29,32)/t26-/m0/s1. The Labute approximate surface area is 227 Å². The number of aromatic nitrogens is 1. The topological polar surface area (TPSA) is 112 Å². The Morgan fingerprint density at radius 1 is 1.03 bits per heavy atom. The average Bonchev–Trinajstić information content (AvgIpc) is 3.61. The molecular formula is C27H22ClN3O5S2. The number of furan rings is 1. The smallest absolute Gasteiger partial charge is 0.248 e. The van der Waals surface area contributed by atoms with Gasteiger partial charge in [0.1, 0.15) is 11.8 Å². The molecule has 5 aromatic rings. The summed E-state index contributed by atoms with van der Waals surface area (Å²) in [5, 5.41) is 2.69. The number of hydrogen-bond acceptors (Lipinski definition) is 6. The Morgan fingerprint density at radius 2 is 1.87 bits per heavy atom. The van der Waals surface area contributed by atoms with E-state index in [4.69, 9.17) is 16.0 Å². The number of halogens is 1. The molecule has 2 aromatic carbocycles. The van der Waals surface area contributed by atoms with Crippen molar-refractivity contribution < 1.29 is 17.6 Å². The molecule has 2 N–H and O–H groups in total. The quantitative estimate of drug-likeness (QED) is 0.258. The maximum atomic E-state index is 14.1. The minimum Gasteiger partial charge on any atom is -0.467 e. The highest BCUT2D eigenvalue weighted by atomic mass is 35.5. The fourth-order valence-corrected chi connectivity index (χ4v) is 6.22. The zero-order chi connectivity index (χ0) is 26.7. The van der Waals surface area contributed by atoms with E-state index >= 15 is 0 Å². The molecule has 1 amide bonds. The summed E-state index contributed by atoms with van der Waals surface area (Å²) < 4.78 is 35.2. The van der Waals surface area contributed by atoms with Gasteiger partial charge < -0.3 is 14.3 Å². The normalized spacial score (nSPS) is 12.4. The first-order chi connectivity index (χ1) is 18.3. The number of rotatable bonds is 9. The number of aromatic amines is 1. The summed E-state index contributed by atoms with van der Waals surface area (Å²) in [5.74, 6) is 0.0655. The third kappa shape index (κ3) is 5.73. The molecule has 0 bridgehead atoms. The van der Waals surface area contributed by atoms with Gasteiger partial charge in [-0.3, -0.25) is 9.59 Å². The fourth-order valence-electron chi connectivity index (χ4n) is 4.05. The van der Waals surface area contributed by atoms with E-state index in [-0.39, 0.29) is 28.6 Å². The number of carbonyl (C=O) groups excluding carboxylic acids is 1. The lowest BCUT2D eigenvalue weighted by Crippen LogP contribution is -2.42. The van der Waals surface area contributed by atoms with Crippen molar-refractivity contribution in [1.82, 2.24) is 14.6 Å². The predicted molar refractivity (Wildman–Crippen MR) is 146 cm³/mol. The van der Waals surface area contributed by atoms with E-state index in [1.54, 1.807) is 36.4 Å². The fraction of sp³-hybridized carbons (Fsp3) is 0.111. The van der Waals surface area contributed by atoms with Crippen LogP contribution >= 0.6 is 22.9 Å². The van der Waals surface area contributed by atoms with Crippen molar-refractivity contribution in [2.75, 3.05) is 0 Å². The van der Waals surface area contributed by atoms with Gasteiger partial charge >= 0.3 is 0 Å². The van der Waals surface area contributed by atoms with Crippen molar-refractivity contribution in [2.24, 2.45) is 0 Å². The number of fused-ring (bicyclic) bond motifs is 1. The minimum absolute atomic E-state index is 0.0576. The summed E-state index contributed by atoms with van der Waals surface area (Å²) in [6.45, 7) is 0.388. The number of nitrogens with one attached hydrogen (secondary N) is 2. The molecule has 38 heavy (non-hydrogen) atoms. The summed E-state index contributed by atoms with van der Waals surface area (Å²) in [6.07, 6.45) is 1.52. The van der Waals surface area contributed by atoms with E-state index in [1.165, 1.54) is 52.8 Å². The first kappa shape index (κ1) is 25.9. The molecule has 5 rings (SSSR count). The lowest BCUT2D eigenvalue weighted by atomic mass is 10.1. The molecule has 0 unspecified atom stereocenters. The molecule has 0 aliphatic rings. The van der Waals surface area contributed by atoms with Crippen LogP contribution in [-0.4, -0.2) is 24.2 Å². The van der Waals surface area contributed by atoms with Crippen molar-refractivity contribution >= 4 is 49.8 Å². The van der Waals surface area contributed by atoms with E-state index in [2.05, 4.69) is 9.71 Å². The van der Waals surface area contributed by atoms with Crippen LogP contribution in [-0.2, 0) is 27.9 Å². The van der Waals surface area contributed by atoms with Crippen LogP contribution in [0.15, 0.2) is 105 Å². The van der Waals surface area contributed by atoms with Crippen LogP contribution in [0.25, 0.3) is 10.9 Å². The van der Waals surface area contributed by atoms with Gasteiger partial charge in [-0.2, -0.15) is 4.72 Å². The van der Waals surface area contributed by atoms with Crippen molar-refractivity contribution in [2.45, 2.75) is 24.0 Å². The molecule has 0 aliphatic heterocycles. The van der Waals surface area contributed by atoms with E-state index < -0.39 is 22.0 Å². The van der Waals surface area contributed by atoms with E-state index in [9.17, 15) is 18.0 Å². The molecule has 0 saturated carbocycles. The molecule has 0 radical (unpaired) electrons. The summed E-state index contributed by atoms with van der Waals surface area (Å²) in [7, 11) is -4.20. The van der Waals surface area contributed by atoms with Gasteiger partial charge in [-0.25, -0.2) is 8.42 Å². The molecule has 11 heteroatoms. The Morgan fingerprint density at radius 3 is 2.61 bits per heavy atom. The Bertz CT molecular complexity index is 1700. The number of carbonyl (C=O) groups is 1. The lowest BCUT2D eigenvalue weighted by Gasteiger charge is -2.28. The molecular weight excluding hydrogens is 546 g/mol. The number of H-pyrrole nitrogens is 1. The number of pyridine rings is 1. The Kier molecular flexibility index (Phi) is 7.48. The van der Waals surface area contributed by atoms with Crippen LogP contribution in [0.1, 0.15) is 22.2 Å². The molecule has 0 saturated heterocycles. The number of sulfonamides is 1. The molecule has 1 atom stereocenters. The molecule has 194 valence electrons. The summed E-state index contributed by atoms with van der Waals surface area (Å²) >= 11 is 7.95. The largest absolute Gasteiger partial charge is 0.467 e. The van der Waals surface area contributed by atoms with Crippen molar-refractivity contribution in [3.8, 4) is 0 Å². The van der Waals surface area contributed by atoms with Crippen LogP contribution in [0.5, 0.6) is 0 Å². The predicted octanol–water partition coefficient (Wildman–Crippen LogP) is 5.08.